The molecule has 14 nitrogen and oxygen atoms in total. The molecule has 4 aliphatic rings. The summed E-state index contributed by atoms with van der Waals surface area (Å²) in [7, 11) is 2.92. The molecule has 8 rings (SSSR count). The average Bonchev–Trinajstić information content (AvgIpc) is 3.94. The van der Waals surface area contributed by atoms with Gasteiger partial charge < -0.3 is 31.6 Å². The number of nitrogens with two attached hydrogens (primary N) is 2. The Kier molecular flexibility index (Phi) is 9.98. The van der Waals surface area contributed by atoms with Crippen LogP contribution in [0.4, 0.5) is 28.9 Å². The number of likely N-dealkylation sites (N-methyl/N-ethyl adjacent to an activating group) is 2. The molecule has 2 fully saturated rings. The molecule has 2 aliphatic heterocycles. The number of amides is 4. The van der Waals surface area contributed by atoms with Gasteiger partial charge in [-0.25, -0.2) is 9.98 Å². The van der Waals surface area contributed by atoms with Gasteiger partial charge in [0.25, 0.3) is 11.8 Å². The van der Waals surface area contributed by atoms with E-state index in [1.165, 1.54) is 72.4 Å². The highest BCUT2D eigenvalue weighted by Gasteiger charge is 2.69. The maximum atomic E-state index is 14.4. The summed E-state index contributed by atoms with van der Waals surface area (Å²) in [5.74, 6) is -2.14. The zero-order valence-corrected chi connectivity index (χ0v) is 32.8. The first-order chi connectivity index (χ1) is 29.1. The summed E-state index contributed by atoms with van der Waals surface area (Å²) in [6.07, 6.45) is 2.47. The van der Waals surface area contributed by atoms with Gasteiger partial charge in [0.1, 0.15) is 11.5 Å². The van der Waals surface area contributed by atoms with Crippen LogP contribution in [-0.2, 0) is 30.3 Å². The molecule has 61 heavy (non-hydrogen) atoms. The number of alkyl halides is 4. The van der Waals surface area contributed by atoms with E-state index in [4.69, 9.17) is 11.5 Å². The first kappa shape index (κ1) is 40.8. The van der Waals surface area contributed by atoms with Gasteiger partial charge in [-0.2, -0.15) is 17.6 Å². The quantitative estimate of drug-likeness (QED) is 0.127. The number of nitrogens with one attached hydrogen (secondary N) is 2. The van der Waals surface area contributed by atoms with Gasteiger partial charge in [-0.1, -0.05) is 55.0 Å². The van der Waals surface area contributed by atoms with Crippen molar-refractivity contribution in [2.24, 2.45) is 32.3 Å². The number of benzene rings is 4. The average molecular weight is 841 g/mol. The number of hydrogen-bond acceptors (Lipinski definition) is 10. The Morgan fingerprint density at radius 2 is 0.984 bits per heavy atom. The van der Waals surface area contributed by atoms with Crippen molar-refractivity contribution in [3.8, 4) is 11.5 Å². The Hall–Kier alpha value is -6.98. The van der Waals surface area contributed by atoms with Crippen LogP contribution in [0, 0.1) is 10.8 Å². The van der Waals surface area contributed by atoms with Crippen molar-refractivity contribution < 1.29 is 46.2 Å². The zero-order valence-electron chi connectivity index (χ0n) is 32.8. The van der Waals surface area contributed by atoms with Crippen LogP contribution < -0.4 is 31.6 Å². The number of hydrogen-bond donors (Lipinski definition) is 4. The van der Waals surface area contributed by atoms with Crippen LogP contribution in [-0.4, -0.2) is 72.7 Å². The fraction of sp³-hybridized carbons (Fsp3) is 0.302. The maximum absolute atomic E-state index is 14.4. The van der Waals surface area contributed by atoms with Crippen LogP contribution in [0.15, 0.2) is 107 Å². The van der Waals surface area contributed by atoms with E-state index in [9.17, 15) is 36.7 Å². The third-order valence-corrected chi connectivity index (χ3v) is 12.3. The largest absolute Gasteiger partial charge is 0.435 e. The van der Waals surface area contributed by atoms with Gasteiger partial charge in [0.05, 0.1) is 10.8 Å². The van der Waals surface area contributed by atoms with Gasteiger partial charge in [0, 0.05) is 25.5 Å². The molecule has 316 valence electrons. The van der Waals surface area contributed by atoms with Crippen molar-refractivity contribution in [3.63, 3.8) is 0 Å². The highest BCUT2D eigenvalue weighted by atomic mass is 19.3. The Morgan fingerprint density at radius 1 is 0.607 bits per heavy atom. The fourth-order valence-corrected chi connectivity index (χ4v) is 8.77. The molecular formula is C43H40F4N8O6. The van der Waals surface area contributed by atoms with Crippen LogP contribution in [0.3, 0.4) is 0 Å². The van der Waals surface area contributed by atoms with Gasteiger partial charge in [0.15, 0.2) is 23.0 Å². The Morgan fingerprint density at radius 3 is 1.28 bits per heavy atom. The van der Waals surface area contributed by atoms with Gasteiger partial charge in [-0.3, -0.25) is 29.0 Å². The molecule has 2 unspecified atom stereocenters. The highest BCUT2D eigenvalue weighted by molar-refractivity contribution is 6.11. The van der Waals surface area contributed by atoms with E-state index in [0.717, 1.165) is 0 Å². The van der Waals surface area contributed by atoms with E-state index in [1.54, 1.807) is 48.5 Å². The summed E-state index contributed by atoms with van der Waals surface area (Å²) < 4.78 is 60.6. The molecule has 2 aliphatic carbocycles. The number of aliphatic imine (C=N–C) groups is 2. The first-order valence-electron chi connectivity index (χ1n) is 19.3. The Labute approximate surface area is 346 Å². The molecule has 0 aromatic heterocycles. The number of carbonyl (C=O) groups excluding carboxylic acids is 4. The summed E-state index contributed by atoms with van der Waals surface area (Å²) in [5, 5.41) is 5.99. The molecule has 4 aromatic rings. The molecule has 2 heterocycles. The number of ether oxygens (including phenoxy) is 2. The third-order valence-electron chi connectivity index (χ3n) is 12.3. The summed E-state index contributed by atoms with van der Waals surface area (Å²) in [6.45, 7) is -6.09. The normalized spacial score (nSPS) is 22.4. The van der Waals surface area contributed by atoms with Crippen molar-refractivity contribution in [1.29, 1.82) is 0 Å². The van der Waals surface area contributed by atoms with Crippen LogP contribution in [0.25, 0.3) is 0 Å². The Balaban J connectivity index is 1.06. The van der Waals surface area contributed by atoms with Gasteiger partial charge in [0.2, 0.25) is 11.8 Å². The van der Waals surface area contributed by atoms with E-state index in [-0.39, 0.29) is 35.2 Å². The second-order valence-corrected chi connectivity index (χ2v) is 15.5. The fourth-order valence-electron chi connectivity index (χ4n) is 8.77. The molecule has 0 saturated heterocycles. The summed E-state index contributed by atoms with van der Waals surface area (Å²) >= 11 is 0. The molecule has 18 heteroatoms. The monoisotopic (exact) mass is 840 g/mol. The Bertz CT molecular complexity index is 2490. The third kappa shape index (κ3) is 6.56. The topological polar surface area (TPSA) is 194 Å². The molecule has 0 bridgehead atoms. The lowest BCUT2D eigenvalue weighted by molar-refractivity contribution is -0.145. The molecule has 0 radical (unpaired) electrons. The van der Waals surface area contributed by atoms with Crippen molar-refractivity contribution in [2.45, 2.75) is 56.4 Å². The molecule has 6 N–H and O–H groups in total. The SMILES string of the molecule is CN1C(=O)C(c2ccc(OC(F)F)cc2)(c2cccc(NC(=O)C3(C4(C(=O)Nc5cccc(C6(c7ccc(OC(F)F)cc7)N=C(N)N(C)C6=O)c5)CC4)CCC3)c2)N=C1N. The minimum atomic E-state index is -3.05. The molecule has 4 amide bonds. The molecule has 2 atom stereocenters. The van der Waals surface area contributed by atoms with E-state index in [0.29, 0.717) is 65.7 Å². The van der Waals surface area contributed by atoms with Gasteiger partial charge in [-0.15, -0.1) is 0 Å². The summed E-state index contributed by atoms with van der Waals surface area (Å²) in [4.78, 5) is 68.0. The standard InChI is InChI=1S/C43H40F4N8O6/c1-54-34(58)42(52-38(54)48,24-10-14-30(15-11-24)60-36(44)45)26-6-3-8-28(22-26)50-32(56)40(18-5-19-40)41(20-21-41)33(57)51-29-9-4-7-27(23-29)43(35(59)55(2)39(49)53-43)25-12-16-31(17-13-25)61-37(46)47/h3-4,6-17,22-23,36-37H,5,18-21H2,1-2H3,(H2,48,52)(H2,49,53)(H,50,56)(H,51,57). The minimum absolute atomic E-state index is 0.0708. The first-order valence-corrected chi connectivity index (χ1v) is 19.3. The lowest BCUT2D eigenvalue weighted by Crippen LogP contribution is -2.53. The number of anilines is 2. The number of halogens is 4. The predicted octanol–water partition coefficient (Wildman–Crippen LogP) is 5.48. The number of rotatable bonds is 13. The highest BCUT2D eigenvalue weighted by Crippen LogP contribution is 2.67. The number of guanidine groups is 2. The molecule has 2 saturated carbocycles. The van der Waals surface area contributed by atoms with Crippen LogP contribution in [0.2, 0.25) is 0 Å². The van der Waals surface area contributed by atoms with E-state index < -0.39 is 46.9 Å². The van der Waals surface area contributed by atoms with Crippen molar-refractivity contribution >= 4 is 46.9 Å². The van der Waals surface area contributed by atoms with Gasteiger partial charge in [-0.05, 0) is 96.5 Å². The zero-order chi connectivity index (χ0) is 43.5. The smallest absolute Gasteiger partial charge is 0.387 e. The number of carbonyl (C=O) groups is 4. The lowest BCUT2D eigenvalue weighted by atomic mass is 9.57. The van der Waals surface area contributed by atoms with E-state index >= 15 is 0 Å². The number of nitrogens with zero attached hydrogens (tertiary/aromatic N) is 4. The van der Waals surface area contributed by atoms with Crippen LogP contribution >= 0.6 is 0 Å². The summed E-state index contributed by atoms with van der Waals surface area (Å²) in [5.41, 5.74) is 8.73. The molecule has 4 aromatic carbocycles. The van der Waals surface area contributed by atoms with Crippen molar-refractivity contribution in [2.75, 3.05) is 24.7 Å². The minimum Gasteiger partial charge on any atom is -0.435 e. The molecule has 0 spiro atoms. The van der Waals surface area contributed by atoms with Crippen molar-refractivity contribution in [3.05, 3.63) is 119 Å². The van der Waals surface area contributed by atoms with E-state index in [1.807, 2.05) is 0 Å². The molecular weight excluding hydrogens is 801 g/mol. The van der Waals surface area contributed by atoms with E-state index in [2.05, 4.69) is 30.1 Å². The summed E-state index contributed by atoms with van der Waals surface area (Å²) in [6, 6.07) is 24.0. The maximum Gasteiger partial charge on any atom is 0.387 e. The van der Waals surface area contributed by atoms with Crippen LogP contribution in [0.1, 0.15) is 54.4 Å². The predicted molar refractivity (Wildman–Crippen MR) is 215 cm³/mol. The second kappa shape index (κ2) is 14.9. The van der Waals surface area contributed by atoms with Crippen LogP contribution in [0.5, 0.6) is 11.5 Å². The van der Waals surface area contributed by atoms with Crippen molar-refractivity contribution in [1.82, 2.24) is 9.80 Å². The van der Waals surface area contributed by atoms with Gasteiger partial charge >= 0.3 is 13.2 Å². The second-order valence-electron chi connectivity index (χ2n) is 15.5. The lowest BCUT2D eigenvalue weighted by Gasteiger charge is -2.46.